The van der Waals surface area contributed by atoms with E-state index < -0.39 is 0 Å². The van der Waals surface area contributed by atoms with Crippen LogP contribution >= 0.6 is 11.8 Å². The maximum absolute atomic E-state index is 11.8. The van der Waals surface area contributed by atoms with Crippen molar-refractivity contribution in [3.8, 4) is 11.5 Å². The third-order valence-electron chi connectivity index (χ3n) is 3.17. The molecule has 4 nitrogen and oxygen atoms in total. The van der Waals surface area contributed by atoms with Crippen molar-refractivity contribution in [1.29, 1.82) is 0 Å². The number of benzene rings is 2. The number of carbonyl (C=O) groups is 1. The highest BCUT2D eigenvalue weighted by Crippen LogP contribution is 2.17. The first-order chi connectivity index (χ1) is 11.8. The summed E-state index contributed by atoms with van der Waals surface area (Å²) in [6, 6.07) is 17.6. The van der Waals surface area contributed by atoms with E-state index >= 15 is 0 Å². The zero-order valence-corrected chi connectivity index (χ0v) is 14.7. The summed E-state index contributed by atoms with van der Waals surface area (Å²) >= 11 is 1.61. The number of thioether (sulfide) groups is 1. The second-order valence-electron chi connectivity index (χ2n) is 5.08. The molecular formula is C19H23NO3S. The Kier molecular flexibility index (Phi) is 8.04. The van der Waals surface area contributed by atoms with Crippen molar-refractivity contribution in [2.24, 2.45) is 0 Å². The second kappa shape index (κ2) is 10.6. The second-order valence-corrected chi connectivity index (χ2v) is 6.07. The van der Waals surface area contributed by atoms with E-state index in [0.717, 1.165) is 17.3 Å². The van der Waals surface area contributed by atoms with Gasteiger partial charge in [0.2, 0.25) is 5.91 Å². The van der Waals surface area contributed by atoms with Crippen LogP contribution in [0.3, 0.4) is 0 Å². The molecule has 0 aliphatic heterocycles. The van der Waals surface area contributed by atoms with Gasteiger partial charge in [0.15, 0.2) is 0 Å². The highest BCUT2D eigenvalue weighted by atomic mass is 32.2. The fourth-order valence-corrected chi connectivity index (χ4v) is 2.86. The van der Waals surface area contributed by atoms with E-state index in [1.165, 1.54) is 5.56 Å². The lowest BCUT2D eigenvalue weighted by molar-refractivity contribution is -0.118. The number of hydrogen-bond acceptors (Lipinski definition) is 4. The molecule has 0 saturated carbocycles. The van der Waals surface area contributed by atoms with Gasteiger partial charge in [-0.05, 0) is 36.8 Å². The maximum Gasteiger partial charge on any atom is 0.230 e. The molecule has 0 unspecified atom stereocenters. The Morgan fingerprint density at radius 3 is 2.33 bits per heavy atom. The fourth-order valence-electron chi connectivity index (χ4n) is 2.04. The van der Waals surface area contributed by atoms with Gasteiger partial charge in [-0.2, -0.15) is 0 Å². The Balaban J connectivity index is 1.55. The van der Waals surface area contributed by atoms with E-state index in [2.05, 4.69) is 17.4 Å². The summed E-state index contributed by atoms with van der Waals surface area (Å²) in [7, 11) is 0. The van der Waals surface area contributed by atoms with Crippen molar-refractivity contribution in [1.82, 2.24) is 5.32 Å². The summed E-state index contributed by atoms with van der Waals surface area (Å²) in [5, 5.41) is 2.86. The molecule has 2 aromatic carbocycles. The topological polar surface area (TPSA) is 47.6 Å². The maximum atomic E-state index is 11.8. The van der Waals surface area contributed by atoms with Crippen molar-refractivity contribution < 1.29 is 14.3 Å². The van der Waals surface area contributed by atoms with Gasteiger partial charge in [0, 0.05) is 5.75 Å². The fraction of sp³-hybridized carbons (Fsp3) is 0.316. The van der Waals surface area contributed by atoms with Gasteiger partial charge in [0.25, 0.3) is 0 Å². The standard InChI is InChI=1S/C19H23NO3S/c1-2-22-17-8-10-18(11-9-17)23-13-12-20-19(21)15-24-14-16-6-4-3-5-7-16/h3-11H,2,12-15H2,1H3,(H,20,21). The van der Waals surface area contributed by atoms with E-state index in [0.29, 0.717) is 25.5 Å². The quantitative estimate of drug-likeness (QED) is 0.670. The number of hydrogen-bond donors (Lipinski definition) is 1. The normalized spacial score (nSPS) is 10.2. The van der Waals surface area contributed by atoms with Crippen molar-refractivity contribution in [3.63, 3.8) is 0 Å². The van der Waals surface area contributed by atoms with Crippen LogP contribution in [0, 0.1) is 0 Å². The van der Waals surface area contributed by atoms with Crippen LogP contribution in [0.5, 0.6) is 11.5 Å². The van der Waals surface area contributed by atoms with Crippen molar-refractivity contribution in [2.45, 2.75) is 12.7 Å². The summed E-state index contributed by atoms with van der Waals surface area (Å²) in [4.78, 5) is 11.8. The Hall–Kier alpha value is -2.14. The third-order valence-corrected chi connectivity index (χ3v) is 4.18. The number of carbonyl (C=O) groups excluding carboxylic acids is 1. The molecule has 1 amide bonds. The zero-order valence-electron chi connectivity index (χ0n) is 13.9. The van der Waals surface area contributed by atoms with Crippen LogP contribution in [0.15, 0.2) is 54.6 Å². The molecule has 0 aliphatic carbocycles. The van der Waals surface area contributed by atoms with Crippen LogP contribution in [0.1, 0.15) is 12.5 Å². The van der Waals surface area contributed by atoms with Crippen LogP contribution in [0.2, 0.25) is 0 Å². The lowest BCUT2D eigenvalue weighted by atomic mass is 10.2. The smallest absolute Gasteiger partial charge is 0.230 e. The minimum atomic E-state index is 0.0335. The van der Waals surface area contributed by atoms with Gasteiger partial charge < -0.3 is 14.8 Å². The first-order valence-electron chi connectivity index (χ1n) is 8.02. The summed E-state index contributed by atoms with van der Waals surface area (Å²) in [5.41, 5.74) is 1.23. The Morgan fingerprint density at radius 2 is 1.67 bits per heavy atom. The van der Waals surface area contributed by atoms with Crippen molar-refractivity contribution in [2.75, 3.05) is 25.5 Å². The molecule has 5 heteroatoms. The van der Waals surface area contributed by atoms with Gasteiger partial charge in [0.1, 0.15) is 18.1 Å². The predicted octanol–water partition coefficient (Wildman–Crippen LogP) is 3.51. The number of rotatable bonds is 10. The molecule has 0 aliphatic rings. The van der Waals surface area contributed by atoms with E-state index in [1.807, 2.05) is 49.4 Å². The van der Waals surface area contributed by atoms with Crippen LogP contribution in [-0.4, -0.2) is 31.4 Å². The zero-order chi connectivity index (χ0) is 17.0. The van der Waals surface area contributed by atoms with Gasteiger partial charge in [-0.25, -0.2) is 0 Å². The predicted molar refractivity (Wildman–Crippen MR) is 98.7 cm³/mol. The molecule has 0 atom stereocenters. The molecular weight excluding hydrogens is 322 g/mol. The van der Waals surface area contributed by atoms with Crippen molar-refractivity contribution in [3.05, 3.63) is 60.2 Å². The molecule has 0 spiro atoms. The minimum absolute atomic E-state index is 0.0335. The summed E-state index contributed by atoms with van der Waals surface area (Å²) in [6.07, 6.45) is 0. The van der Waals surface area contributed by atoms with Gasteiger partial charge >= 0.3 is 0 Å². The molecule has 0 fully saturated rings. The van der Waals surface area contributed by atoms with Crippen LogP contribution in [-0.2, 0) is 10.5 Å². The first-order valence-corrected chi connectivity index (χ1v) is 9.17. The molecule has 0 aromatic heterocycles. The summed E-state index contributed by atoms with van der Waals surface area (Å²) in [5.74, 6) is 2.93. The molecule has 0 heterocycles. The SMILES string of the molecule is CCOc1ccc(OCCNC(=O)CSCc2ccccc2)cc1. The Labute approximate surface area is 147 Å². The average molecular weight is 345 g/mol. The van der Waals surface area contributed by atoms with Gasteiger partial charge in [-0.3, -0.25) is 4.79 Å². The van der Waals surface area contributed by atoms with Gasteiger partial charge in [-0.1, -0.05) is 30.3 Å². The highest BCUT2D eigenvalue weighted by molar-refractivity contribution is 7.99. The third kappa shape index (κ3) is 6.96. The Morgan fingerprint density at radius 1 is 1.00 bits per heavy atom. The van der Waals surface area contributed by atoms with E-state index in [1.54, 1.807) is 11.8 Å². The van der Waals surface area contributed by atoms with E-state index in [4.69, 9.17) is 9.47 Å². The minimum Gasteiger partial charge on any atom is -0.494 e. The number of nitrogens with one attached hydrogen (secondary N) is 1. The lowest BCUT2D eigenvalue weighted by Crippen LogP contribution is -2.29. The molecule has 2 aromatic rings. The van der Waals surface area contributed by atoms with Gasteiger partial charge in [-0.15, -0.1) is 11.8 Å². The molecule has 0 bridgehead atoms. The van der Waals surface area contributed by atoms with Crippen LogP contribution in [0.4, 0.5) is 0 Å². The van der Waals surface area contributed by atoms with Crippen LogP contribution in [0.25, 0.3) is 0 Å². The Bertz CT molecular complexity index is 602. The van der Waals surface area contributed by atoms with E-state index in [9.17, 15) is 4.79 Å². The number of amides is 1. The van der Waals surface area contributed by atoms with Crippen LogP contribution < -0.4 is 14.8 Å². The molecule has 1 N–H and O–H groups in total. The number of ether oxygens (including phenoxy) is 2. The average Bonchev–Trinajstić information content (AvgIpc) is 2.61. The summed E-state index contributed by atoms with van der Waals surface area (Å²) < 4.78 is 11.0. The molecule has 24 heavy (non-hydrogen) atoms. The highest BCUT2D eigenvalue weighted by Gasteiger charge is 2.02. The first kappa shape index (κ1) is 18.2. The lowest BCUT2D eigenvalue weighted by Gasteiger charge is -2.09. The van der Waals surface area contributed by atoms with Gasteiger partial charge in [0.05, 0.1) is 18.9 Å². The largest absolute Gasteiger partial charge is 0.494 e. The molecule has 0 radical (unpaired) electrons. The molecule has 128 valence electrons. The summed E-state index contributed by atoms with van der Waals surface area (Å²) in [6.45, 7) is 3.54. The molecule has 0 saturated heterocycles. The molecule has 2 rings (SSSR count). The van der Waals surface area contributed by atoms with Crippen molar-refractivity contribution >= 4 is 17.7 Å². The monoisotopic (exact) mass is 345 g/mol. The van der Waals surface area contributed by atoms with E-state index in [-0.39, 0.29) is 5.91 Å².